The summed E-state index contributed by atoms with van der Waals surface area (Å²) in [5.41, 5.74) is 7.65. The van der Waals surface area contributed by atoms with E-state index >= 15 is 0 Å². The van der Waals surface area contributed by atoms with E-state index in [-0.39, 0.29) is 0 Å². The average Bonchev–Trinajstić information content (AvgIpc) is 3.07. The van der Waals surface area contributed by atoms with Crippen molar-refractivity contribution < 1.29 is 4.79 Å². The molecular formula is C14H9BrN2OS2. The second kappa shape index (κ2) is 5.47. The minimum Gasteiger partial charge on any atom is -0.366 e. The van der Waals surface area contributed by atoms with Gasteiger partial charge < -0.3 is 5.73 Å². The van der Waals surface area contributed by atoms with Gasteiger partial charge in [0.2, 0.25) is 5.91 Å². The molecule has 0 bridgehead atoms. The molecular weight excluding hydrogens is 356 g/mol. The Labute approximate surface area is 132 Å². The van der Waals surface area contributed by atoms with Crippen molar-refractivity contribution in [2.75, 3.05) is 0 Å². The molecule has 3 nitrogen and oxygen atoms in total. The SMILES string of the molecule is NC(=O)c1cccc(-c2nc(-c3sccc3Br)cs2)c1. The zero-order valence-electron chi connectivity index (χ0n) is 10.2. The van der Waals surface area contributed by atoms with Gasteiger partial charge >= 0.3 is 0 Å². The standard InChI is InChI=1S/C14H9BrN2OS2/c15-10-4-5-19-12(10)11-7-20-14(17-11)9-3-1-2-8(6-9)13(16)18/h1-7H,(H2,16,18). The zero-order valence-corrected chi connectivity index (χ0v) is 13.4. The molecule has 0 saturated heterocycles. The molecule has 2 aromatic heterocycles. The van der Waals surface area contributed by atoms with Crippen LogP contribution < -0.4 is 5.73 Å². The van der Waals surface area contributed by atoms with Gasteiger partial charge in [-0.05, 0) is 39.5 Å². The molecule has 20 heavy (non-hydrogen) atoms. The largest absolute Gasteiger partial charge is 0.366 e. The van der Waals surface area contributed by atoms with E-state index in [0.717, 1.165) is 25.6 Å². The van der Waals surface area contributed by atoms with Crippen LogP contribution in [0.4, 0.5) is 0 Å². The van der Waals surface area contributed by atoms with Gasteiger partial charge in [-0.2, -0.15) is 0 Å². The zero-order chi connectivity index (χ0) is 14.1. The van der Waals surface area contributed by atoms with Gasteiger partial charge in [0.25, 0.3) is 0 Å². The molecule has 2 heterocycles. The molecule has 0 atom stereocenters. The van der Waals surface area contributed by atoms with Gasteiger partial charge in [-0.25, -0.2) is 4.98 Å². The van der Waals surface area contributed by atoms with Crippen LogP contribution in [-0.4, -0.2) is 10.9 Å². The molecule has 3 rings (SSSR count). The number of rotatable bonds is 3. The first-order valence-electron chi connectivity index (χ1n) is 5.74. The molecule has 1 aromatic carbocycles. The molecule has 0 fully saturated rings. The molecule has 0 aliphatic rings. The summed E-state index contributed by atoms with van der Waals surface area (Å²) in [5.74, 6) is -0.426. The van der Waals surface area contributed by atoms with Crippen molar-refractivity contribution in [1.29, 1.82) is 0 Å². The third-order valence-corrected chi connectivity index (χ3v) is 5.50. The lowest BCUT2D eigenvalue weighted by molar-refractivity contribution is 0.100. The summed E-state index contributed by atoms with van der Waals surface area (Å²) in [7, 11) is 0. The lowest BCUT2D eigenvalue weighted by Gasteiger charge is -1.99. The predicted molar refractivity (Wildman–Crippen MR) is 87.1 cm³/mol. The number of nitrogens with zero attached hydrogens (tertiary/aromatic N) is 1. The number of hydrogen-bond acceptors (Lipinski definition) is 4. The summed E-state index contributed by atoms with van der Waals surface area (Å²) < 4.78 is 1.05. The van der Waals surface area contributed by atoms with E-state index in [1.807, 2.05) is 29.0 Å². The molecule has 0 unspecified atom stereocenters. The number of halogens is 1. The van der Waals surface area contributed by atoms with Crippen LogP contribution in [0.5, 0.6) is 0 Å². The summed E-state index contributed by atoms with van der Waals surface area (Å²) >= 11 is 6.71. The number of thiophene rings is 1. The van der Waals surface area contributed by atoms with Crippen LogP contribution in [-0.2, 0) is 0 Å². The molecule has 1 amide bonds. The van der Waals surface area contributed by atoms with Gasteiger partial charge in [-0.3, -0.25) is 4.79 Å². The fraction of sp³-hybridized carbons (Fsp3) is 0. The van der Waals surface area contributed by atoms with Gasteiger partial charge in [-0.15, -0.1) is 22.7 Å². The molecule has 100 valence electrons. The maximum absolute atomic E-state index is 11.2. The highest BCUT2D eigenvalue weighted by atomic mass is 79.9. The number of nitrogens with two attached hydrogens (primary N) is 1. The quantitative estimate of drug-likeness (QED) is 0.748. The van der Waals surface area contributed by atoms with Gasteiger partial charge in [0.05, 0.1) is 10.6 Å². The van der Waals surface area contributed by atoms with Crippen LogP contribution in [0, 0.1) is 0 Å². The Balaban J connectivity index is 2.00. The Morgan fingerprint density at radius 3 is 2.80 bits per heavy atom. The molecule has 2 N–H and O–H groups in total. The van der Waals surface area contributed by atoms with Crippen LogP contribution in [0.15, 0.2) is 45.6 Å². The third kappa shape index (κ3) is 2.54. The van der Waals surface area contributed by atoms with E-state index in [4.69, 9.17) is 5.73 Å². The van der Waals surface area contributed by atoms with E-state index in [1.54, 1.807) is 34.8 Å². The number of carbonyl (C=O) groups excluding carboxylic acids is 1. The van der Waals surface area contributed by atoms with Crippen molar-refractivity contribution in [1.82, 2.24) is 4.98 Å². The Hall–Kier alpha value is -1.50. The maximum Gasteiger partial charge on any atom is 0.248 e. The summed E-state index contributed by atoms with van der Waals surface area (Å²) in [5, 5.41) is 4.91. The molecule has 0 spiro atoms. The molecule has 0 radical (unpaired) electrons. The minimum absolute atomic E-state index is 0.426. The molecule has 6 heteroatoms. The van der Waals surface area contributed by atoms with Gasteiger partial charge in [0.15, 0.2) is 0 Å². The van der Waals surface area contributed by atoms with Gasteiger partial charge in [0, 0.05) is 21.0 Å². The summed E-state index contributed by atoms with van der Waals surface area (Å²) in [6.07, 6.45) is 0. The van der Waals surface area contributed by atoms with Crippen LogP contribution >= 0.6 is 38.6 Å². The van der Waals surface area contributed by atoms with Crippen LogP contribution in [0.2, 0.25) is 0 Å². The molecule has 0 aliphatic heterocycles. The summed E-state index contributed by atoms with van der Waals surface area (Å²) in [6, 6.07) is 9.23. The van der Waals surface area contributed by atoms with Gasteiger partial charge in [0.1, 0.15) is 5.01 Å². The van der Waals surface area contributed by atoms with E-state index in [9.17, 15) is 4.79 Å². The topological polar surface area (TPSA) is 56.0 Å². The van der Waals surface area contributed by atoms with Crippen molar-refractivity contribution in [3.8, 4) is 21.1 Å². The number of aromatic nitrogens is 1. The number of carbonyl (C=O) groups is 1. The Kier molecular flexibility index (Phi) is 3.69. The third-order valence-electron chi connectivity index (χ3n) is 2.75. The number of benzene rings is 1. The second-order valence-electron chi connectivity index (χ2n) is 4.08. The van der Waals surface area contributed by atoms with E-state index in [1.165, 1.54) is 0 Å². The predicted octanol–water partition coefficient (Wildman–Crippen LogP) is 4.40. The highest BCUT2D eigenvalue weighted by molar-refractivity contribution is 9.10. The highest BCUT2D eigenvalue weighted by Gasteiger charge is 2.11. The average molecular weight is 365 g/mol. The minimum atomic E-state index is -0.426. The molecule has 0 saturated carbocycles. The van der Waals surface area contributed by atoms with Crippen molar-refractivity contribution in [3.63, 3.8) is 0 Å². The van der Waals surface area contributed by atoms with Crippen molar-refractivity contribution >= 4 is 44.5 Å². The fourth-order valence-corrected chi connectivity index (χ4v) is 4.21. The van der Waals surface area contributed by atoms with Crippen molar-refractivity contribution in [2.24, 2.45) is 5.73 Å². The summed E-state index contributed by atoms with van der Waals surface area (Å²) in [4.78, 5) is 17.0. The Bertz CT molecular complexity index is 779. The smallest absolute Gasteiger partial charge is 0.248 e. The highest BCUT2D eigenvalue weighted by Crippen LogP contribution is 2.36. The first-order chi connectivity index (χ1) is 9.65. The number of hydrogen-bond donors (Lipinski definition) is 1. The number of primary amides is 1. The van der Waals surface area contributed by atoms with Crippen LogP contribution in [0.25, 0.3) is 21.1 Å². The van der Waals surface area contributed by atoms with Crippen LogP contribution in [0.3, 0.4) is 0 Å². The number of thiazole rings is 1. The summed E-state index contributed by atoms with van der Waals surface area (Å²) in [6.45, 7) is 0. The Morgan fingerprint density at radius 1 is 1.25 bits per heavy atom. The van der Waals surface area contributed by atoms with E-state index in [2.05, 4.69) is 20.9 Å². The molecule has 3 aromatic rings. The first-order valence-corrected chi connectivity index (χ1v) is 8.29. The van der Waals surface area contributed by atoms with Crippen LogP contribution in [0.1, 0.15) is 10.4 Å². The fourth-order valence-electron chi connectivity index (χ4n) is 1.79. The lowest BCUT2D eigenvalue weighted by atomic mass is 10.1. The van der Waals surface area contributed by atoms with E-state index < -0.39 is 5.91 Å². The normalized spacial score (nSPS) is 10.7. The monoisotopic (exact) mass is 364 g/mol. The first kappa shape index (κ1) is 13.5. The van der Waals surface area contributed by atoms with Crippen molar-refractivity contribution in [2.45, 2.75) is 0 Å². The van der Waals surface area contributed by atoms with E-state index in [0.29, 0.717) is 5.56 Å². The molecule has 0 aliphatic carbocycles. The Morgan fingerprint density at radius 2 is 2.10 bits per heavy atom. The maximum atomic E-state index is 11.2. The van der Waals surface area contributed by atoms with Gasteiger partial charge in [-0.1, -0.05) is 12.1 Å². The van der Waals surface area contributed by atoms with Crippen molar-refractivity contribution in [3.05, 3.63) is 51.1 Å². The number of amides is 1. The second-order valence-corrected chi connectivity index (χ2v) is 6.71. The lowest BCUT2D eigenvalue weighted by Crippen LogP contribution is -2.10.